The zero-order valence-electron chi connectivity index (χ0n) is 13.8. The lowest BCUT2D eigenvalue weighted by atomic mass is 9.93. The van der Waals surface area contributed by atoms with E-state index in [9.17, 15) is 9.18 Å². The fourth-order valence-electron chi connectivity index (χ4n) is 3.33. The van der Waals surface area contributed by atoms with E-state index in [4.69, 9.17) is 4.74 Å². The molecule has 0 saturated carbocycles. The number of hydrogen-bond acceptors (Lipinski definition) is 2. The van der Waals surface area contributed by atoms with Crippen molar-refractivity contribution in [1.29, 1.82) is 0 Å². The highest BCUT2D eigenvalue weighted by molar-refractivity contribution is 5.97. The van der Waals surface area contributed by atoms with Gasteiger partial charge in [-0.25, -0.2) is 4.39 Å². The number of nitrogens with zero attached hydrogens (tertiary/aromatic N) is 1. The minimum Gasteiger partial charge on any atom is -0.354 e. The zero-order valence-corrected chi connectivity index (χ0v) is 13.8. The van der Waals surface area contributed by atoms with Gasteiger partial charge in [0.25, 0.3) is 5.91 Å². The number of benzene rings is 1. The Hall–Kier alpha value is -1.68. The van der Waals surface area contributed by atoms with Gasteiger partial charge >= 0.3 is 0 Å². The van der Waals surface area contributed by atoms with Crippen molar-refractivity contribution in [3.05, 3.63) is 46.8 Å². The highest BCUT2D eigenvalue weighted by Crippen LogP contribution is 2.37. The van der Waals surface area contributed by atoms with Gasteiger partial charge in [0, 0.05) is 12.1 Å². The van der Waals surface area contributed by atoms with Crippen molar-refractivity contribution < 1.29 is 13.9 Å². The lowest BCUT2D eigenvalue weighted by molar-refractivity contribution is -0.137. The summed E-state index contributed by atoms with van der Waals surface area (Å²) in [7, 11) is 0. The molecule has 0 aromatic heterocycles. The van der Waals surface area contributed by atoms with Crippen molar-refractivity contribution in [2.45, 2.75) is 52.3 Å². The molecule has 1 amide bonds. The van der Waals surface area contributed by atoms with E-state index in [1.54, 1.807) is 12.1 Å². The minimum absolute atomic E-state index is 0.0952. The molecule has 1 heterocycles. The maximum absolute atomic E-state index is 13.1. The van der Waals surface area contributed by atoms with Gasteiger partial charge in [-0.1, -0.05) is 26.0 Å². The van der Waals surface area contributed by atoms with Gasteiger partial charge in [0.05, 0.1) is 6.61 Å². The van der Waals surface area contributed by atoms with Crippen molar-refractivity contribution in [1.82, 2.24) is 4.90 Å². The lowest BCUT2D eigenvalue weighted by Crippen LogP contribution is -2.37. The van der Waals surface area contributed by atoms with Crippen molar-refractivity contribution >= 4 is 5.91 Å². The van der Waals surface area contributed by atoms with Crippen LogP contribution in [0.5, 0.6) is 0 Å². The smallest absolute Gasteiger partial charge is 0.252 e. The van der Waals surface area contributed by atoms with Crippen LogP contribution in [0.1, 0.15) is 45.1 Å². The summed E-state index contributed by atoms with van der Waals surface area (Å²) >= 11 is 0. The average molecular weight is 317 g/mol. The first kappa shape index (κ1) is 16.2. The third kappa shape index (κ3) is 3.47. The molecule has 4 heteroatoms. The highest BCUT2D eigenvalue weighted by Gasteiger charge is 2.40. The quantitative estimate of drug-likeness (QED) is 0.820. The number of rotatable bonds is 5. The third-order valence-corrected chi connectivity index (χ3v) is 4.46. The van der Waals surface area contributed by atoms with Crippen LogP contribution >= 0.6 is 0 Å². The molecular formula is C19H24FNO2. The van der Waals surface area contributed by atoms with E-state index in [0.717, 1.165) is 36.8 Å². The van der Waals surface area contributed by atoms with Crippen LogP contribution in [0.2, 0.25) is 0 Å². The van der Waals surface area contributed by atoms with Crippen LogP contribution in [0.25, 0.3) is 0 Å². The summed E-state index contributed by atoms with van der Waals surface area (Å²) < 4.78 is 19.2. The number of carbonyl (C=O) groups is 1. The zero-order chi connectivity index (χ0) is 16.4. The molecule has 0 saturated heterocycles. The molecule has 0 unspecified atom stereocenters. The molecule has 0 fully saturated rings. The predicted molar refractivity (Wildman–Crippen MR) is 87.0 cm³/mol. The molecule has 0 N–H and O–H groups in total. The van der Waals surface area contributed by atoms with Crippen LogP contribution in [0.3, 0.4) is 0 Å². The second-order valence-corrected chi connectivity index (χ2v) is 6.85. The van der Waals surface area contributed by atoms with E-state index >= 15 is 0 Å². The summed E-state index contributed by atoms with van der Waals surface area (Å²) in [6, 6.07) is 6.35. The van der Waals surface area contributed by atoms with Crippen molar-refractivity contribution in [3.63, 3.8) is 0 Å². The van der Waals surface area contributed by atoms with Gasteiger partial charge in [0.15, 0.2) is 6.23 Å². The first-order valence-electron chi connectivity index (χ1n) is 8.45. The highest BCUT2D eigenvalue weighted by atomic mass is 19.1. The second kappa shape index (κ2) is 6.83. The molecule has 1 aromatic rings. The van der Waals surface area contributed by atoms with Crippen LogP contribution in [0.15, 0.2) is 35.4 Å². The number of carbonyl (C=O) groups excluding carboxylic acids is 1. The van der Waals surface area contributed by atoms with Gasteiger partial charge < -0.3 is 9.64 Å². The first-order valence-corrected chi connectivity index (χ1v) is 8.45. The monoisotopic (exact) mass is 317 g/mol. The van der Waals surface area contributed by atoms with E-state index < -0.39 is 0 Å². The normalized spacial score (nSPS) is 21.3. The fraction of sp³-hybridized carbons (Fsp3) is 0.526. The van der Waals surface area contributed by atoms with E-state index in [1.165, 1.54) is 17.7 Å². The topological polar surface area (TPSA) is 29.5 Å². The molecule has 3 nitrogen and oxygen atoms in total. The maximum atomic E-state index is 13.1. The lowest BCUT2D eigenvalue weighted by Gasteiger charge is -2.28. The molecule has 1 aliphatic heterocycles. The first-order chi connectivity index (χ1) is 11.1. The van der Waals surface area contributed by atoms with Crippen molar-refractivity contribution in [3.8, 4) is 0 Å². The number of amides is 1. The molecule has 0 radical (unpaired) electrons. The third-order valence-electron chi connectivity index (χ3n) is 4.46. The summed E-state index contributed by atoms with van der Waals surface area (Å²) in [5.41, 5.74) is 3.05. The van der Waals surface area contributed by atoms with Gasteiger partial charge in [-0.3, -0.25) is 4.79 Å². The molecule has 1 atom stereocenters. The number of ether oxygens (including phenoxy) is 1. The van der Waals surface area contributed by atoms with E-state index in [0.29, 0.717) is 19.1 Å². The Balaban J connectivity index is 1.81. The molecule has 0 bridgehead atoms. The van der Waals surface area contributed by atoms with Crippen LogP contribution in [0, 0.1) is 11.7 Å². The van der Waals surface area contributed by atoms with Gasteiger partial charge in [-0.05, 0) is 54.9 Å². The number of hydrogen-bond donors (Lipinski definition) is 0. The second-order valence-electron chi connectivity index (χ2n) is 6.85. The Morgan fingerprint density at radius 2 is 1.91 bits per heavy atom. The SMILES string of the molecule is CC(C)CO[C@H]1C2=C(CCCC2)C(=O)N1Cc1ccc(F)cc1. The van der Waals surface area contributed by atoms with E-state index in [1.807, 2.05) is 4.90 Å². The molecular weight excluding hydrogens is 293 g/mol. The Morgan fingerprint density at radius 3 is 2.61 bits per heavy atom. The van der Waals surface area contributed by atoms with Crippen molar-refractivity contribution in [2.75, 3.05) is 6.61 Å². The Bertz CT molecular complexity index is 606. The molecule has 23 heavy (non-hydrogen) atoms. The molecule has 0 spiro atoms. The van der Waals surface area contributed by atoms with Gasteiger partial charge in [0.2, 0.25) is 0 Å². The molecule has 1 aliphatic carbocycles. The molecule has 124 valence electrons. The molecule has 1 aromatic carbocycles. The van der Waals surface area contributed by atoms with Crippen LogP contribution < -0.4 is 0 Å². The van der Waals surface area contributed by atoms with E-state index in [-0.39, 0.29) is 18.0 Å². The summed E-state index contributed by atoms with van der Waals surface area (Å²) in [6.07, 6.45) is 3.76. The average Bonchev–Trinajstić information content (AvgIpc) is 2.80. The summed E-state index contributed by atoms with van der Waals surface area (Å²) in [4.78, 5) is 14.6. The van der Waals surface area contributed by atoms with Gasteiger partial charge in [-0.2, -0.15) is 0 Å². The predicted octanol–water partition coefficient (Wildman–Crippen LogP) is 4.04. The summed E-state index contributed by atoms with van der Waals surface area (Å²) in [5.74, 6) is 0.260. The molecule has 2 aliphatic rings. The van der Waals surface area contributed by atoms with Gasteiger partial charge in [-0.15, -0.1) is 0 Å². The van der Waals surface area contributed by atoms with Crippen LogP contribution in [-0.2, 0) is 16.1 Å². The Kier molecular flexibility index (Phi) is 4.81. The Morgan fingerprint density at radius 1 is 1.22 bits per heavy atom. The maximum Gasteiger partial charge on any atom is 0.252 e. The minimum atomic E-state index is -0.258. The summed E-state index contributed by atoms with van der Waals surface area (Å²) in [5, 5.41) is 0. The fourth-order valence-corrected chi connectivity index (χ4v) is 3.33. The Labute approximate surface area is 137 Å². The van der Waals surface area contributed by atoms with Crippen LogP contribution in [-0.4, -0.2) is 23.6 Å². The standard InChI is InChI=1S/C19H24FNO2/c1-13(2)12-23-19-17-6-4-3-5-16(17)18(22)21(19)11-14-7-9-15(20)10-8-14/h7-10,13,19H,3-6,11-12H2,1-2H3/t19-/m0/s1. The molecule has 3 rings (SSSR count). The van der Waals surface area contributed by atoms with Crippen molar-refractivity contribution in [2.24, 2.45) is 5.92 Å². The number of halogens is 1. The summed E-state index contributed by atoms with van der Waals surface area (Å²) in [6.45, 7) is 5.32. The van der Waals surface area contributed by atoms with E-state index in [2.05, 4.69) is 13.8 Å². The van der Waals surface area contributed by atoms with Gasteiger partial charge in [0.1, 0.15) is 5.82 Å². The van der Waals surface area contributed by atoms with Crippen LogP contribution in [0.4, 0.5) is 4.39 Å². The largest absolute Gasteiger partial charge is 0.354 e.